The van der Waals surface area contributed by atoms with Crippen LogP contribution in [0.3, 0.4) is 0 Å². The lowest BCUT2D eigenvalue weighted by molar-refractivity contribution is 0.411. The first-order chi connectivity index (χ1) is 15.3. The summed E-state index contributed by atoms with van der Waals surface area (Å²) in [5.41, 5.74) is 5.19. The maximum atomic E-state index is 8.43. The molecule has 0 aliphatic carbocycles. The molecule has 30 heavy (non-hydrogen) atoms. The monoisotopic (exact) mass is 394 g/mol. The van der Waals surface area contributed by atoms with E-state index in [2.05, 4.69) is 22.1 Å². The normalized spacial score (nSPS) is 13.4. The van der Waals surface area contributed by atoms with Crippen LogP contribution in [-0.4, -0.2) is 9.97 Å². The predicted molar refractivity (Wildman–Crippen MR) is 123 cm³/mol. The van der Waals surface area contributed by atoms with Gasteiger partial charge in [0.15, 0.2) is 0 Å². The highest BCUT2D eigenvalue weighted by Crippen LogP contribution is 2.35. The Morgan fingerprint density at radius 3 is 2.30 bits per heavy atom. The molecule has 0 saturated carbocycles. The van der Waals surface area contributed by atoms with Crippen LogP contribution >= 0.6 is 0 Å². The molecule has 0 atom stereocenters. The third-order valence-electron chi connectivity index (χ3n) is 5.02. The largest absolute Gasteiger partial charge is 0.455 e. The summed E-state index contributed by atoms with van der Waals surface area (Å²) in [7, 11) is 0. The summed E-state index contributed by atoms with van der Waals surface area (Å²) in [4.78, 5) is 9.19. The highest BCUT2D eigenvalue weighted by atomic mass is 16.3. The molecule has 0 unspecified atom stereocenters. The smallest absolute Gasteiger partial charge is 0.144 e. The van der Waals surface area contributed by atoms with E-state index in [4.69, 9.17) is 7.16 Å². The van der Waals surface area contributed by atoms with E-state index >= 15 is 0 Å². The van der Waals surface area contributed by atoms with Crippen LogP contribution in [0.25, 0.3) is 44.5 Å². The first-order valence-electron chi connectivity index (χ1n) is 11.1. The molecule has 5 rings (SSSR count). The number of aromatic nitrogens is 2. The lowest BCUT2D eigenvalue weighted by Crippen LogP contribution is -2.09. The van der Waals surface area contributed by atoms with Gasteiger partial charge in [-0.05, 0) is 47.7 Å². The van der Waals surface area contributed by atoms with Crippen molar-refractivity contribution >= 4 is 21.9 Å². The number of nitrogens with zero attached hydrogens (tertiary/aromatic N) is 2. The molecule has 0 aliphatic heterocycles. The Hall–Kier alpha value is -3.46. The van der Waals surface area contributed by atoms with E-state index in [1.165, 1.54) is 0 Å². The minimum absolute atomic E-state index is 0.517. The lowest BCUT2D eigenvalue weighted by atomic mass is 9.89. The minimum Gasteiger partial charge on any atom is -0.455 e. The van der Waals surface area contributed by atoms with E-state index in [0.717, 1.165) is 44.5 Å². The maximum absolute atomic E-state index is 8.43. The van der Waals surface area contributed by atoms with Gasteiger partial charge >= 0.3 is 0 Å². The van der Waals surface area contributed by atoms with Crippen LogP contribution in [0.2, 0.25) is 0 Å². The fraction of sp³-hybridized carbons (Fsp3) is 0.185. The van der Waals surface area contributed by atoms with Crippen molar-refractivity contribution in [2.75, 3.05) is 0 Å². The molecule has 0 fully saturated rings. The molecule has 0 amide bonds. The molecule has 148 valence electrons. The van der Waals surface area contributed by atoms with Crippen molar-refractivity contribution in [3.8, 4) is 22.5 Å². The van der Waals surface area contributed by atoms with Crippen LogP contribution in [0.15, 0.2) is 83.5 Å². The third-order valence-corrected chi connectivity index (χ3v) is 5.02. The molecule has 0 radical (unpaired) electrons. The van der Waals surface area contributed by atoms with Gasteiger partial charge in [-0.15, -0.1) is 0 Å². The zero-order valence-electron chi connectivity index (χ0n) is 19.3. The molecule has 0 N–H and O–H groups in total. The summed E-state index contributed by atoms with van der Waals surface area (Å²) >= 11 is 0. The molecule has 3 heteroatoms. The van der Waals surface area contributed by atoms with Crippen molar-refractivity contribution in [2.24, 2.45) is 5.41 Å². The zero-order valence-corrected chi connectivity index (χ0v) is 17.3. The Kier molecular flexibility index (Phi) is 3.87. The van der Waals surface area contributed by atoms with Gasteiger partial charge in [-0.3, -0.25) is 9.97 Å². The SMILES string of the molecule is [2H]C([2H])(c1ccc(-c2ccc(-c3cccc4c3oc3ccccc34)nc2)nc1)C(C)(C)C. The number of rotatable bonds is 3. The Morgan fingerprint density at radius 2 is 1.57 bits per heavy atom. The summed E-state index contributed by atoms with van der Waals surface area (Å²) in [5, 5.41) is 2.18. The van der Waals surface area contributed by atoms with Crippen molar-refractivity contribution in [3.63, 3.8) is 0 Å². The van der Waals surface area contributed by atoms with Crippen molar-refractivity contribution in [3.05, 3.63) is 84.7 Å². The van der Waals surface area contributed by atoms with Gasteiger partial charge in [-0.2, -0.15) is 0 Å². The number of furan rings is 1. The van der Waals surface area contributed by atoms with Crippen LogP contribution in [0, 0.1) is 5.41 Å². The van der Waals surface area contributed by atoms with Crippen LogP contribution in [0.1, 0.15) is 29.1 Å². The molecule has 2 aromatic carbocycles. The Labute approximate surface area is 179 Å². The number of hydrogen-bond acceptors (Lipinski definition) is 3. The van der Waals surface area contributed by atoms with Gasteiger partial charge in [-0.25, -0.2) is 0 Å². The predicted octanol–water partition coefficient (Wildman–Crippen LogP) is 7.30. The van der Waals surface area contributed by atoms with Crippen LogP contribution in [-0.2, 0) is 6.37 Å². The summed E-state index contributed by atoms with van der Waals surface area (Å²) in [6, 6.07) is 21.8. The zero-order chi connectivity index (χ0) is 22.5. The van der Waals surface area contributed by atoms with Gasteiger partial charge in [-0.1, -0.05) is 57.2 Å². The van der Waals surface area contributed by atoms with Gasteiger partial charge in [0.2, 0.25) is 0 Å². The van der Waals surface area contributed by atoms with Crippen molar-refractivity contribution < 1.29 is 7.16 Å². The summed E-state index contributed by atoms with van der Waals surface area (Å²) in [6.45, 7) is 5.68. The number of benzene rings is 2. The molecule has 0 bridgehead atoms. The van der Waals surface area contributed by atoms with Crippen LogP contribution < -0.4 is 0 Å². The molecule has 3 heterocycles. The Bertz CT molecular complexity index is 1410. The highest BCUT2D eigenvalue weighted by Gasteiger charge is 2.14. The van der Waals surface area contributed by atoms with Gasteiger partial charge in [0, 0.05) is 37.0 Å². The second-order valence-corrected chi connectivity index (χ2v) is 8.52. The lowest BCUT2D eigenvalue weighted by Gasteiger charge is -2.17. The van der Waals surface area contributed by atoms with Gasteiger partial charge in [0.1, 0.15) is 11.2 Å². The number of fused-ring (bicyclic) bond motifs is 3. The minimum atomic E-state index is -1.47. The molecule has 5 aromatic rings. The van der Waals surface area contributed by atoms with Crippen molar-refractivity contribution in [2.45, 2.75) is 27.1 Å². The van der Waals surface area contributed by atoms with E-state index in [1.807, 2.05) is 75.4 Å². The standard InChI is InChI=1S/C27H24N2O/c1-27(2,3)15-18-11-13-23(28-16-18)19-12-14-24(29-17-19)22-9-6-8-21-20-7-4-5-10-25(20)30-26(21)22/h4-14,16-17H,15H2,1-3H3/i15D2. The molecule has 3 nitrogen and oxygen atoms in total. The molecular formula is C27H24N2O. The summed E-state index contributed by atoms with van der Waals surface area (Å²) < 4.78 is 23.0. The summed E-state index contributed by atoms with van der Waals surface area (Å²) in [6.07, 6.45) is 1.97. The van der Waals surface area contributed by atoms with E-state index in [9.17, 15) is 0 Å². The molecule has 0 spiro atoms. The topological polar surface area (TPSA) is 38.9 Å². The maximum Gasteiger partial charge on any atom is 0.144 e. The molecule has 0 saturated heterocycles. The van der Waals surface area contributed by atoms with E-state index in [-0.39, 0.29) is 0 Å². The third kappa shape index (κ3) is 3.48. The number of para-hydroxylation sites is 2. The second kappa shape index (κ2) is 7.10. The van der Waals surface area contributed by atoms with Crippen molar-refractivity contribution in [1.29, 1.82) is 0 Å². The molecule has 3 aromatic heterocycles. The highest BCUT2D eigenvalue weighted by molar-refractivity contribution is 6.09. The van der Waals surface area contributed by atoms with Crippen LogP contribution in [0.5, 0.6) is 0 Å². The van der Waals surface area contributed by atoms with E-state index in [0.29, 0.717) is 5.56 Å². The Balaban J connectivity index is 1.49. The molecular weight excluding hydrogens is 368 g/mol. The average molecular weight is 395 g/mol. The van der Waals surface area contributed by atoms with Gasteiger partial charge < -0.3 is 4.42 Å². The van der Waals surface area contributed by atoms with E-state index in [1.54, 1.807) is 12.4 Å². The van der Waals surface area contributed by atoms with Gasteiger partial charge in [0.05, 0.1) is 11.4 Å². The first kappa shape index (κ1) is 16.3. The fourth-order valence-corrected chi connectivity index (χ4v) is 3.73. The van der Waals surface area contributed by atoms with Crippen LogP contribution in [0.4, 0.5) is 0 Å². The number of hydrogen-bond donors (Lipinski definition) is 0. The first-order valence-corrected chi connectivity index (χ1v) is 10.1. The number of pyridine rings is 2. The average Bonchev–Trinajstić information content (AvgIpc) is 3.17. The Morgan fingerprint density at radius 1 is 0.800 bits per heavy atom. The quantitative estimate of drug-likeness (QED) is 0.322. The van der Waals surface area contributed by atoms with Gasteiger partial charge in [0.25, 0.3) is 0 Å². The summed E-state index contributed by atoms with van der Waals surface area (Å²) in [5.74, 6) is 0. The second-order valence-electron chi connectivity index (χ2n) is 8.52. The van der Waals surface area contributed by atoms with E-state index < -0.39 is 11.8 Å². The van der Waals surface area contributed by atoms with Crippen molar-refractivity contribution in [1.82, 2.24) is 9.97 Å². The molecule has 0 aliphatic rings. The fourth-order valence-electron chi connectivity index (χ4n) is 3.73.